The van der Waals surface area contributed by atoms with Gasteiger partial charge in [-0.15, -0.1) is 0 Å². The van der Waals surface area contributed by atoms with Crippen molar-refractivity contribution in [3.63, 3.8) is 0 Å². The Balaban J connectivity index is 1.79. The number of pyridine rings is 1. The van der Waals surface area contributed by atoms with Gasteiger partial charge in [0.15, 0.2) is 6.73 Å². The minimum Gasteiger partial charge on any atom is -0.473 e. The van der Waals surface area contributed by atoms with Gasteiger partial charge in [0.05, 0.1) is 0 Å². The number of nitrogens with one attached hydrogen (secondary N) is 1. The molecule has 1 aromatic carbocycles. The van der Waals surface area contributed by atoms with Crippen LogP contribution < -0.4 is 10.1 Å². The molecule has 0 bridgehead atoms. The molecule has 5 heteroatoms. The van der Waals surface area contributed by atoms with Crippen molar-refractivity contribution < 1.29 is 9.53 Å². The van der Waals surface area contributed by atoms with Crippen LogP contribution in [-0.4, -0.2) is 35.7 Å². The number of aromatic nitrogens is 1. The first-order valence-corrected chi connectivity index (χ1v) is 8.37. The van der Waals surface area contributed by atoms with Gasteiger partial charge < -0.3 is 15.0 Å². The minimum atomic E-state index is -0.111. The number of benzene rings is 1. The molecule has 0 radical (unpaired) electrons. The van der Waals surface area contributed by atoms with Crippen molar-refractivity contribution in [3.05, 3.63) is 59.9 Å². The molecule has 2 rings (SSSR count). The molecule has 24 heavy (non-hydrogen) atoms. The molecule has 5 nitrogen and oxygen atoms in total. The molecule has 2 aromatic rings. The van der Waals surface area contributed by atoms with Gasteiger partial charge in [0.1, 0.15) is 5.75 Å². The van der Waals surface area contributed by atoms with Gasteiger partial charge in [-0.25, -0.2) is 4.79 Å². The summed E-state index contributed by atoms with van der Waals surface area (Å²) in [6.45, 7) is 5.54. The molecule has 2 amide bonds. The number of nitrogens with zero attached hydrogens (tertiary/aromatic N) is 2. The van der Waals surface area contributed by atoms with E-state index >= 15 is 0 Å². The van der Waals surface area contributed by atoms with Crippen molar-refractivity contribution in [2.75, 3.05) is 19.8 Å². The lowest BCUT2D eigenvalue weighted by atomic mass is 10.1. The Morgan fingerprint density at radius 2 is 1.92 bits per heavy atom. The topological polar surface area (TPSA) is 54.5 Å². The average molecular weight is 327 g/mol. The van der Waals surface area contributed by atoms with Crippen LogP contribution in [0.5, 0.6) is 5.75 Å². The number of likely N-dealkylation sites (N-methyl/N-ethyl adjacent to an activating group) is 1. The zero-order valence-corrected chi connectivity index (χ0v) is 14.4. The highest BCUT2D eigenvalue weighted by Crippen LogP contribution is 2.17. The average Bonchev–Trinajstić information content (AvgIpc) is 2.63. The quantitative estimate of drug-likeness (QED) is 0.757. The number of ether oxygens (including phenoxy) is 1. The van der Waals surface area contributed by atoms with Crippen LogP contribution in [0.2, 0.25) is 0 Å². The lowest BCUT2D eigenvalue weighted by Crippen LogP contribution is -2.42. The van der Waals surface area contributed by atoms with Crippen molar-refractivity contribution in [1.29, 1.82) is 0 Å². The van der Waals surface area contributed by atoms with E-state index in [1.54, 1.807) is 17.3 Å². The number of carbonyl (C=O) groups is 1. The molecule has 0 aliphatic heterocycles. The summed E-state index contributed by atoms with van der Waals surface area (Å²) in [5, 5.41) is 2.82. The molecular weight excluding hydrogens is 302 g/mol. The molecule has 0 saturated heterocycles. The van der Waals surface area contributed by atoms with Crippen molar-refractivity contribution >= 4 is 6.03 Å². The fourth-order valence-electron chi connectivity index (χ4n) is 2.44. The van der Waals surface area contributed by atoms with Crippen LogP contribution in [0.3, 0.4) is 0 Å². The second-order valence-electron chi connectivity index (χ2n) is 5.42. The lowest BCUT2D eigenvalue weighted by Gasteiger charge is -2.21. The van der Waals surface area contributed by atoms with E-state index in [2.05, 4.69) is 17.2 Å². The van der Waals surface area contributed by atoms with Crippen LogP contribution in [0.25, 0.3) is 0 Å². The Hall–Kier alpha value is -2.56. The van der Waals surface area contributed by atoms with Crippen LogP contribution in [0.4, 0.5) is 4.79 Å². The number of amides is 2. The third-order valence-electron chi connectivity index (χ3n) is 3.89. The van der Waals surface area contributed by atoms with Gasteiger partial charge in [0.2, 0.25) is 0 Å². The second kappa shape index (κ2) is 9.55. The molecule has 0 aliphatic rings. The molecule has 0 saturated carbocycles. The van der Waals surface area contributed by atoms with Crippen LogP contribution >= 0.6 is 0 Å². The van der Waals surface area contributed by atoms with Gasteiger partial charge >= 0.3 is 6.03 Å². The van der Waals surface area contributed by atoms with Gasteiger partial charge in [-0.1, -0.05) is 25.1 Å². The number of rotatable bonds is 8. The smallest absolute Gasteiger partial charge is 0.320 e. The van der Waals surface area contributed by atoms with E-state index in [-0.39, 0.29) is 12.8 Å². The summed E-state index contributed by atoms with van der Waals surface area (Å²) in [6.07, 6.45) is 5.25. The summed E-state index contributed by atoms with van der Waals surface area (Å²) in [5.74, 6) is 0.820. The lowest BCUT2D eigenvalue weighted by molar-refractivity contribution is 0.187. The van der Waals surface area contributed by atoms with Gasteiger partial charge in [-0.05, 0) is 49.1 Å². The van der Waals surface area contributed by atoms with Gasteiger partial charge in [0.25, 0.3) is 0 Å². The summed E-state index contributed by atoms with van der Waals surface area (Å²) < 4.78 is 5.69. The van der Waals surface area contributed by atoms with E-state index < -0.39 is 0 Å². The summed E-state index contributed by atoms with van der Waals surface area (Å²) in [5.41, 5.74) is 2.31. The predicted octanol–water partition coefficient (Wildman–Crippen LogP) is 3.25. The summed E-state index contributed by atoms with van der Waals surface area (Å²) in [6, 6.07) is 11.7. The number of hydrogen-bond donors (Lipinski definition) is 1. The molecule has 1 aromatic heterocycles. The van der Waals surface area contributed by atoms with Crippen LogP contribution in [0, 0.1) is 0 Å². The third-order valence-corrected chi connectivity index (χ3v) is 3.89. The molecule has 0 unspecified atom stereocenters. The predicted molar refractivity (Wildman–Crippen MR) is 95.0 cm³/mol. The number of urea groups is 1. The van der Waals surface area contributed by atoms with E-state index in [0.717, 1.165) is 24.2 Å². The summed E-state index contributed by atoms with van der Waals surface area (Å²) >= 11 is 0. The molecular formula is C19H25N3O2. The van der Waals surface area contributed by atoms with Crippen molar-refractivity contribution in [2.24, 2.45) is 0 Å². The van der Waals surface area contributed by atoms with Crippen molar-refractivity contribution in [3.8, 4) is 5.75 Å². The van der Waals surface area contributed by atoms with E-state index in [1.165, 1.54) is 5.56 Å². The zero-order chi connectivity index (χ0) is 17.2. The fourth-order valence-corrected chi connectivity index (χ4v) is 2.44. The van der Waals surface area contributed by atoms with Crippen molar-refractivity contribution in [2.45, 2.75) is 26.7 Å². The van der Waals surface area contributed by atoms with Crippen LogP contribution in [0.15, 0.2) is 48.8 Å². The van der Waals surface area contributed by atoms with E-state index in [4.69, 9.17) is 4.74 Å². The molecule has 1 N–H and O–H groups in total. The maximum Gasteiger partial charge on any atom is 0.320 e. The highest BCUT2D eigenvalue weighted by atomic mass is 16.5. The minimum absolute atomic E-state index is 0.111. The highest BCUT2D eigenvalue weighted by molar-refractivity contribution is 5.74. The highest BCUT2D eigenvalue weighted by Gasteiger charge is 2.11. The first-order valence-electron chi connectivity index (χ1n) is 8.37. The Morgan fingerprint density at radius 1 is 1.17 bits per heavy atom. The number of carbonyl (C=O) groups excluding carboxylic acids is 1. The Labute approximate surface area is 143 Å². The van der Waals surface area contributed by atoms with Crippen molar-refractivity contribution in [1.82, 2.24) is 15.2 Å². The number of aryl methyl sites for hydroxylation is 1. The first-order chi connectivity index (χ1) is 11.7. The Morgan fingerprint density at radius 3 is 2.62 bits per heavy atom. The van der Waals surface area contributed by atoms with Gasteiger partial charge in [-0.3, -0.25) is 4.98 Å². The largest absolute Gasteiger partial charge is 0.473 e. The summed E-state index contributed by atoms with van der Waals surface area (Å²) in [7, 11) is 0. The monoisotopic (exact) mass is 327 g/mol. The van der Waals surface area contributed by atoms with Crippen LogP contribution in [0.1, 0.15) is 25.0 Å². The third kappa shape index (κ3) is 5.26. The Bertz CT molecular complexity index is 632. The van der Waals surface area contributed by atoms with E-state index in [9.17, 15) is 4.79 Å². The van der Waals surface area contributed by atoms with Gasteiger partial charge in [-0.2, -0.15) is 0 Å². The standard InChI is InChI=1S/C19H25N3O2/c1-3-17-7-5-6-8-18(17)24-15-21-19(23)22(4-2)14-11-16-9-12-20-13-10-16/h5-10,12-13H,3-4,11,14-15H2,1-2H3,(H,21,23). The molecule has 0 spiro atoms. The fraction of sp³-hybridized carbons (Fsp3) is 0.368. The molecule has 0 aliphatic carbocycles. The first kappa shape index (κ1) is 17.8. The second-order valence-corrected chi connectivity index (χ2v) is 5.42. The molecule has 128 valence electrons. The van der Waals surface area contributed by atoms with E-state index in [0.29, 0.717) is 13.1 Å². The normalized spacial score (nSPS) is 10.2. The van der Waals surface area contributed by atoms with Gasteiger partial charge in [0, 0.05) is 25.5 Å². The molecule has 0 atom stereocenters. The molecule has 0 fully saturated rings. The molecule has 1 heterocycles. The van der Waals surface area contributed by atoms with E-state index in [1.807, 2.05) is 43.3 Å². The zero-order valence-electron chi connectivity index (χ0n) is 14.4. The summed E-state index contributed by atoms with van der Waals surface area (Å²) in [4.78, 5) is 18.0. The Kier molecular flexibility index (Phi) is 7.08. The SMILES string of the molecule is CCc1ccccc1OCNC(=O)N(CC)CCc1ccncc1. The maximum atomic E-state index is 12.3. The maximum absolute atomic E-state index is 12.3. The number of para-hydroxylation sites is 1. The van der Waals surface area contributed by atoms with Crippen LogP contribution in [-0.2, 0) is 12.8 Å². The number of hydrogen-bond acceptors (Lipinski definition) is 3.